The number of fused-ring (bicyclic) bond motifs is 1. The van der Waals surface area contributed by atoms with Crippen molar-refractivity contribution in [2.24, 2.45) is 5.41 Å². The highest BCUT2D eigenvalue weighted by molar-refractivity contribution is 5.98. The largest absolute Gasteiger partial charge is 0.479 e. The summed E-state index contributed by atoms with van der Waals surface area (Å²) in [4.78, 5) is 32.1. The first-order valence-corrected chi connectivity index (χ1v) is 12.9. The summed E-state index contributed by atoms with van der Waals surface area (Å²) in [6.45, 7) is 16.3. The van der Waals surface area contributed by atoms with Gasteiger partial charge in [-0.05, 0) is 76.5 Å². The molecule has 7 heteroatoms. The molecule has 1 atom stereocenters. The van der Waals surface area contributed by atoms with Crippen molar-refractivity contribution in [2.45, 2.75) is 79.4 Å². The van der Waals surface area contributed by atoms with Crippen LogP contribution >= 0.6 is 0 Å². The van der Waals surface area contributed by atoms with Gasteiger partial charge >= 0.3 is 5.97 Å². The molecule has 2 aromatic rings. The summed E-state index contributed by atoms with van der Waals surface area (Å²) in [6.07, 6.45) is 1.63. The third-order valence-electron chi connectivity index (χ3n) is 7.29. The number of rotatable bonds is 5. The van der Waals surface area contributed by atoms with Gasteiger partial charge in [-0.2, -0.15) is 0 Å². The monoisotopic (exact) mass is 493 g/mol. The number of hydrogen-bond acceptors (Lipinski definition) is 5. The molecule has 7 nitrogen and oxygen atoms in total. The molecule has 0 spiro atoms. The van der Waals surface area contributed by atoms with Crippen LogP contribution < -0.4 is 10.2 Å². The minimum atomic E-state index is -1.15. The first-order chi connectivity index (χ1) is 16.8. The molecule has 1 aromatic heterocycles. The molecular weight excluding hydrogens is 454 g/mol. The van der Waals surface area contributed by atoms with Crippen LogP contribution in [0.25, 0.3) is 11.1 Å². The Kier molecular flexibility index (Phi) is 6.90. The number of pyridine rings is 1. The maximum absolute atomic E-state index is 12.6. The average Bonchev–Trinajstić information content (AvgIpc) is 2.77. The highest BCUT2D eigenvalue weighted by atomic mass is 16.5. The molecule has 0 unspecified atom stereocenters. The Morgan fingerprint density at radius 3 is 2.44 bits per heavy atom. The quantitative estimate of drug-likeness (QED) is 0.593. The summed E-state index contributed by atoms with van der Waals surface area (Å²) in [5, 5.41) is 13.2. The number of anilines is 1. The van der Waals surface area contributed by atoms with Crippen LogP contribution in [0.3, 0.4) is 0 Å². The van der Waals surface area contributed by atoms with Gasteiger partial charge < -0.3 is 20.1 Å². The van der Waals surface area contributed by atoms with Crippen LogP contribution in [0.5, 0.6) is 0 Å². The van der Waals surface area contributed by atoms with Crippen LogP contribution in [-0.4, -0.2) is 47.2 Å². The second-order valence-corrected chi connectivity index (χ2v) is 11.9. The summed E-state index contributed by atoms with van der Waals surface area (Å²) in [5.74, 6) is -1.07. The zero-order chi connectivity index (χ0) is 26.4. The van der Waals surface area contributed by atoms with E-state index in [2.05, 4.69) is 30.1 Å². The first kappa shape index (κ1) is 26.1. The van der Waals surface area contributed by atoms with Gasteiger partial charge in [0.25, 0.3) is 5.91 Å². The van der Waals surface area contributed by atoms with Gasteiger partial charge in [-0.3, -0.25) is 9.78 Å². The number of aliphatic carboxylic acids is 1. The molecule has 0 bridgehead atoms. The van der Waals surface area contributed by atoms with Crippen molar-refractivity contribution >= 4 is 17.6 Å². The van der Waals surface area contributed by atoms with Gasteiger partial charge in [-0.1, -0.05) is 26.0 Å². The molecule has 1 saturated heterocycles. The lowest BCUT2D eigenvalue weighted by molar-refractivity contribution is -0.160. The molecule has 4 rings (SSSR count). The molecule has 1 aromatic carbocycles. The minimum Gasteiger partial charge on any atom is -0.479 e. The highest BCUT2D eigenvalue weighted by Gasteiger charge is 2.36. The van der Waals surface area contributed by atoms with Gasteiger partial charge in [0.1, 0.15) is 0 Å². The van der Waals surface area contributed by atoms with E-state index in [1.165, 1.54) is 0 Å². The number of amides is 1. The van der Waals surface area contributed by atoms with Gasteiger partial charge in [-0.15, -0.1) is 0 Å². The molecule has 36 heavy (non-hydrogen) atoms. The highest BCUT2D eigenvalue weighted by Crippen LogP contribution is 2.45. The van der Waals surface area contributed by atoms with Crippen LogP contribution in [0.15, 0.2) is 18.2 Å². The maximum Gasteiger partial charge on any atom is 0.337 e. The molecule has 194 valence electrons. The van der Waals surface area contributed by atoms with E-state index in [1.54, 1.807) is 0 Å². The molecule has 2 aliphatic rings. The van der Waals surface area contributed by atoms with E-state index in [-0.39, 0.29) is 11.3 Å². The van der Waals surface area contributed by atoms with Crippen molar-refractivity contribution in [2.75, 3.05) is 24.5 Å². The average molecular weight is 494 g/mol. The van der Waals surface area contributed by atoms with Crippen LogP contribution in [-0.2, 0) is 16.0 Å². The second-order valence-electron chi connectivity index (χ2n) is 11.9. The van der Waals surface area contributed by atoms with Gasteiger partial charge in [0.05, 0.1) is 11.3 Å². The lowest BCUT2D eigenvalue weighted by atomic mass is 9.81. The van der Waals surface area contributed by atoms with E-state index in [1.807, 2.05) is 46.8 Å². The van der Waals surface area contributed by atoms with E-state index in [0.717, 1.165) is 60.4 Å². The third kappa shape index (κ3) is 5.26. The van der Waals surface area contributed by atoms with Crippen molar-refractivity contribution in [1.82, 2.24) is 10.3 Å². The number of aromatic nitrogens is 1. The lowest BCUT2D eigenvalue weighted by Gasteiger charge is -2.41. The standard InChI is InChI=1S/C29H39N3O4/c1-17-22(20-8-9-21-19(16-20)10-13-30-26(21)33)24(32-14-11-29(6,7)12-15-32)23(18(2)31-17)25(27(34)35)36-28(3,4)5/h8-9,16,25H,10-15H2,1-7H3,(H,30,33)(H,34,35)/t25-/m0/s1. The molecule has 0 saturated carbocycles. The molecular formula is C29H39N3O4. The fraction of sp³-hybridized carbons (Fsp3) is 0.552. The van der Waals surface area contributed by atoms with Gasteiger partial charge in [0.2, 0.25) is 0 Å². The van der Waals surface area contributed by atoms with Crippen molar-refractivity contribution in [3.05, 3.63) is 46.3 Å². The Morgan fingerprint density at radius 2 is 1.83 bits per heavy atom. The van der Waals surface area contributed by atoms with E-state index in [0.29, 0.717) is 23.4 Å². The van der Waals surface area contributed by atoms with Crippen LogP contribution in [0.2, 0.25) is 0 Å². The number of hydrogen-bond donors (Lipinski definition) is 2. The van der Waals surface area contributed by atoms with Gasteiger partial charge in [-0.25, -0.2) is 4.79 Å². The van der Waals surface area contributed by atoms with E-state index >= 15 is 0 Å². The zero-order valence-electron chi connectivity index (χ0n) is 22.6. The Hall–Kier alpha value is -2.93. The number of nitrogens with zero attached hydrogens (tertiary/aromatic N) is 2. The molecule has 0 radical (unpaired) electrons. The van der Waals surface area contributed by atoms with Crippen LogP contribution in [0.4, 0.5) is 5.69 Å². The van der Waals surface area contributed by atoms with Crippen molar-refractivity contribution in [1.29, 1.82) is 0 Å². The van der Waals surface area contributed by atoms with Gasteiger partial charge in [0.15, 0.2) is 6.10 Å². The maximum atomic E-state index is 12.6. The lowest BCUT2D eigenvalue weighted by Crippen LogP contribution is -2.39. The van der Waals surface area contributed by atoms with E-state index < -0.39 is 17.7 Å². The normalized spacial score (nSPS) is 18.4. The third-order valence-corrected chi connectivity index (χ3v) is 7.29. The fourth-order valence-electron chi connectivity index (χ4n) is 5.34. The smallest absolute Gasteiger partial charge is 0.337 e. The van der Waals surface area contributed by atoms with Gasteiger partial charge in [0, 0.05) is 47.7 Å². The van der Waals surface area contributed by atoms with Crippen molar-refractivity contribution in [3.8, 4) is 11.1 Å². The molecule has 2 aliphatic heterocycles. The summed E-state index contributed by atoms with van der Waals surface area (Å²) < 4.78 is 6.15. The molecule has 1 fully saturated rings. The predicted molar refractivity (Wildman–Crippen MR) is 142 cm³/mol. The zero-order valence-corrected chi connectivity index (χ0v) is 22.6. The molecule has 1 amide bonds. The predicted octanol–water partition coefficient (Wildman–Crippen LogP) is 5.22. The summed E-state index contributed by atoms with van der Waals surface area (Å²) in [7, 11) is 0. The molecule has 3 heterocycles. The number of piperidine rings is 1. The Labute approximate surface area is 214 Å². The first-order valence-electron chi connectivity index (χ1n) is 12.9. The Bertz CT molecular complexity index is 1190. The topological polar surface area (TPSA) is 91.8 Å². The van der Waals surface area contributed by atoms with E-state index in [4.69, 9.17) is 9.72 Å². The summed E-state index contributed by atoms with van der Waals surface area (Å²) in [6, 6.07) is 5.92. The number of nitrogens with one attached hydrogen (secondary N) is 1. The number of carbonyl (C=O) groups is 2. The van der Waals surface area contributed by atoms with Crippen LogP contribution in [0.1, 0.15) is 86.4 Å². The number of carboxylic acid groups (broad SMARTS) is 1. The van der Waals surface area contributed by atoms with E-state index in [9.17, 15) is 14.7 Å². The number of aryl methyl sites for hydroxylation is 2. The molecule has 0 aliphatic carbocycles. The van der Waals surface area contributed by atoms with Crippen molar-refractivity contribution in [3.63, 3.8) is 0 Å². The number of ether oxygens (including phenoxy) is 1. The summed E-state index contributed by atoms with van der Waals surface area (Å²) >= 11 is 0. The number of carboxylic acids is 1. The minimum absolute atomic E-state index is 0.0507. The second kappa shape index (κ2) is 9.51. The summed E-state index contributed by atoms with van der Waals surface area (Å²) in [5.41, 5.74) is 6.19. The molecule has 2 N–H and O–H groups in total. The van der Waals surface area contributed by atoms with Crippen LogP contribution in [0, 0.1) is 19.3 Å². The number of benzene rings is 1. The Balaban J connectivity index is 1.96. The van der Waals surface area contributed by atoms with Crippen molar-refractivity contribution < 1.29 is 19.4 Å². The SMILES string of the molecule is Cc1nc(C)c([C@H](OC(C)(C)C)C(=O)O)c(N2CCC(C)(C)CC2)c1-c1ccc2c(c1)CCNC2=O. The fourth-order valence-corrected chi connectivity index (χ4v) is 5.34. The Morgan fingerprint density at radius 1 is 1.17 bits per heavy atom. The number of carbonyl (C=O) groups excluding carboxylic acids is 1.